The van der Waals surface area contributed by atoms with Crippen LogP contribution in [0.5, 0.6) is 0 Å². The molecule has 1 aromatic rings. The van der Waals surface area contributed by atoms with Crippen molar-refractivity contribution in [2.75, 3.05) is 13.7 Å². The molecule has 1 N–H and O–H groups in total. The third kappa shape index (κ3) is 2.39. The minimum Gasteiger partial charge on any atom is -0.373 e. The SMILES string of the molecule is CNC(C)CC1OCCc2ccccc21. The first kappa shape index (κ1) is 10.7. The van der Waals surface area contributed by atoms with Crippen molar-refractivity contribution in [3.63, 3.8) is 0 Å². The van der Waals surface area contributed by atoms with Crippen LogP contribution in [0.25, 0.3) is 0 Å². The molecule has 0 saturated carbocycles. The fourth-order valence-corrected chi connectivity index (χ4v) is 2.11. The summed E-state index contributed by atoms with van der Waals surface area (Å²) < 4.78 is 5.84. The zero-order chi connectivity index (χ0) is 10.7. The highest BCUT2D eigenvalue weighted by molar-refractivity contribution is 5.30. The van der Waals surface area contributed by atoms with Gasteiger partial charge in [0.05, 0.1) is 12.7 Å². The van der Waals surface area contributed by atoms with Crippen molar-refractivity contribution in [1.82, 2.24) is 5.32 Å². The molecule has 0 fully saturated rings. The average molecular weight is 205 g/mol. The molecule has 0 aliphatic carbocycles. The van der Waals surface area contributed by atoms with E-state index in [4.69, 9.17) is 4.74 Å². The van der Waals surface area contributed by atoms with E-state index in [-0.39, 0.29) is 6.10 Å². The molecule has 1 aromatic carbocycles. The van der Waals surface area contributed by atoms with Gasteiger partial charge in [0.2, 0.25) is 0 Å². The van der Waals surface area contributed by atoms with Crippen LogP contribution >= 0.6 is 0 Å². The number of hydrogen-bond acceptors (Lipinski definition) is 2. The quantitative estimate of drug-likeness (QED) is 0.817. The fraction of sp³-hybridized carbons (Fsp3) is 0.538. The summed E-state index contributed by atoms with van der Waals surface area (Å²) in [4.78, 5) is 0. The number of ether oxygens (including phenoxy) is 1. The highest BCUT2D eigenvalue weighted by Gasteiger charge is 2.21. The molecule has 2 atom stereocenters. The van der Waals surface area contributed by atoms with E-state index in [2.05, 4.69) is 36.5 Å². The molecular formula is C13H19NO. The smallest absolute Gasteiger partial charge is 0.0842 e. The monoisotopic (exact) mass is 205 g/mol. The van der Waals surface area contributed by atoms with Crippen molar-refractivity contribution in [3.05, 3.63) is 35.4 Å². The molecule has 15 heavy (non-hydrogen) atoms. The minimum atomic E-state index is 0.275. The molecule has 1 heterocycles. The zero-order valence-electron chi connectivity index (χ0n) is 9.49. The summed E-state index contributed by atoms with van der Waals surface area (Å²) in [7, 11) is 2.00. The van der Waals surface area contributed by atoms with Crippen LogP contribution in [0, 0.1) is 0 Å². The lowest BCUT2D eigenvalue weighted by atomic mass is 9.94. The maximum atomic E-state index is 5.84. The van der Waals surface area contributed by atoms with Crippen molar-refractivity contribution in [1.29, 1.82) is 0 Å². The second kappa shape index (κ2) is 4.77. The second-order valence-electron chi connectivity index (χ2n) is 4.23. The summed E-state index contributed by atoms with van der Waals surface area (Å²) in [5.41, 5.74) is 2.84. The fourth-order valence-electron chi connectivity index (χ4n) is 2.11. The van der Waals surface area contributed by atoms with E-state index in [0.717, 1.165) is 19.4 Å². The number of nitrogens with one attached hydrogen (secondary N) is 1. The Hall–Kier alpha value is -0.860. The molecule has 1 aliphatic heterocycles. The molecule has 0 amide bonds. The van der Waals surface area contributed by atoms with E-state index >= 15 is 0 Å². The van der Waals surface area contributed by atoms with Crippen LogP contribution in [0.4, 0.5) is 0 Å². The Morgan fingerprint density at radius 1 is 1.47 bits per heavy atom. The Balaban J connectivity index is 2.15. The van der Waals surface area contributed by atoms with E-state index in [0.29, 0.717) is 6.04 Å². The predicted octanol–water partition coefficient (Wildman–Crippen LogP) is 2.30. The average Bonchev–Trinajstić information content (AvgIpc) is 2.29. The minimum absolute atomic E-state index is 0.275. The number of hydrogen-bond donors (Lipinski definition) is 1. The van der Waals surface area contributed by atoms with Gasteiger partial charge in [0.15, 0.2) is 0 Å². The van der Waals surface area contributed by atoms with Gasteiger partial charge in [-0.05, 0) is 37.9 Å². The Morgan fingerprint density at radius 2 is 2.27 bits per heavy atom. The van der Waals surface area contributed by atoms with Gasteiger partial charge in [-0.3, -0.25) is 0 Å². The lowest BCUT2D eigenvalue weighted by Gasteiger charge is -2.28. The molecular weight excluding hydrogens is 186 g/mol. The largest absolute Gasteiger partial charge is 0.373 e. The Bertz CT molecular complexity index is 324. The molecule has 82 valence electrons. The number of benzene rings is 1. The summed E-state index contributed by atoms with van der Waals surface area (Å²) in [6.45, 7) is 3.05. The second-order valence-corrected chi connectivity index (χ2v) is 4.23. The van der Waals surface area contributed by atoms with Crippen molar-refractivity contribution in [2.24, 2.45) is 0 Å². The molecule has 0 saturated heterocycles. The van der Waals surface area contributed by atoms with Gasteiger partial charge in [-0.2, -0.15) is 0 Å². The summed E-state index contributed by atoms with van der Waals surface area (Å²) in [6, 6.07) is 9.13. The van der Waals surface area contributed by atoms with Gasteiger partial charge in [0.25, 0.3) is 0 Å². The van der Waals surface area contributed by atoms with Gasteiger partial charge in [-0.25, -0.2) is 0 Å². The molecule has 1 aliphatic rings. The third-order valence-electron chi connectivity index (χ3n) is 3.15. The normalized spacial score (nSPS) is 22.1. The summed E-state index contributed by atoms with van der Waals surface area (Å²) in [5.74, 6) is 0. The molecule has 0 spiro atoms. The van der Waals surface area contributed by atoms with Crippen LogP contribution in [0.15, 0.2) is 24.3 Å². The third-order valence-corrected chi connectivity index (χ3v) is 3.15. The predicted molar refractivity (Wildman–Crippen MR) is 62.0 cm³/mol. The summed E-state index contributed by atoms with van der Waals surface area (Å²) in [6.07, 6.45) is 2.38. The number of rotatable bonds is 3. The van der Waals surface area contributed by atoms with Gasteiger partial charge in [0.1, 0.15) is 0 Å². The first-order valence-electron chi connectivity index (χ1n) is 5.68. The first-order chi connectivity index (χ1) is 7.31. The molecule has 0 aromatic heterocycles. The van der Waals surface area contributed by atoms with Crippen molar-refractivity contribution in [2.45, 2.75) is 31.9 Å². The summed E-state index contributed by atoms with van der Waals surface area (Å²) in [5, 5.41) is 3.26. The van der Waals surface area contributed by atoms with Crippen molar-refractivity contribution >= 4 is 0 Å². The van der Waals surface area contributed by atoms with E-state index in [1.165, 1.54) is 11.1 Å². The van der Waals surface area contributed by atoms with Crippen LogP contribution in [-0.4, -0.2) is 19.7 Å². The van der Waals surface area contributed by atoms with Gasteiger partial charge in [-0.1, -0.05) is 24.3 Å². The Labute approximate surface area is 91.6 Å². The van der Waals surface area contributed by atoms with Crippen LogP contribution in [0.1, 0.15) is 30.6 Å². The highest BCUT2D eigenvalue weighted by Crippen LogP contribution is 2.30. The lowest BCUT2D eigenvalue weighted by Crippen LogP contribution is -2.27. The zero-order valence-corrected chi connectivity index (χ0v) is 9.49. The summed E-state index contributed by atoms with van der Waals surface area (Å²) >= 11 is 0. The lowest BCUT2D eigenvalue weighted by molar-refractivity contribution is 0.0312. The standard InChI is InChI=1S/C13H19NO/c1-10(14-2)9-13-12-6-4-3-5-11(12)7-8-15-13/h3-6,10,13-14H,7-9H2,1-2H3. The van der Waals surface area contributed by atoms with Gasteiger partial charge in [-0.15, -0.1) is 0 Å². The van der Waals surface area contributed by atoms with E-state index in [1.807, 2.05) is 7.05 Å². The van der Waals surface area contributed by atoms with Crippen LogP contribution in [0.3, 0.4) is 0 Å². The van der Waals surface area contributed by atoms with Crippen molar-refractivity contribution < 1.29 is 4.74 Å². The maximum Gasteiger partial charge on any atom is 0.0842 e. The first-order valence-corrected chi connectivity index (χ1v) is 5.68. The van der Waals surface area contributed by atoms with E-state index < -0.39 is 0 Å². The van der Waals surface area contributed by atoms with E-state index in [9.17, 15) is 0 Å². The molecule has 2 heteroatoms. The van der Waals surface area contributed by atoms with Gasteiger partial charge in [0, 0.05) is 6.04 Å². The maximum absolute atomic E-state index is 5.84. The molecule has 0 bridgehead atoms. The Kier molecular flexibility index (Phi) is 3.39. The van der Waals surface area contributed by atoms with Crippen molar-refractivity contribution in [3.8, 4) is 0 Å². The van der Waals surface area contributed by atoms with Gasteiger partial charge < -0.3 is 10.1 Å². The Morgan fingerprint density at radius 3 is 3.07 bits per heavy atom. The number of fused-ring (bicyclic) bond motifs is 1. The van der Waals surface area contributed by atoms with Crippen LogP contribution in [-0.2, 0) is 11.2 Å². The van der Waals surface area contributed by atoms with Crippen LogP contribution in [0.2, 0.25) is 0 Å². The van der Waals surface area contributed by atoms with E-state index in [1.54, 1.807) is 0 Å². The molecule has 2 rings (SSSR count). The highest BCUT2D eigenvalue weighted by atomic mass is 16.5. The molecule has 0 radical (unpaired) electrons. The molecule has 2 unspecified atom stereocenters. The molecule has 2 nitrogen and oxygen atoms in total. The van der Waals surface area contributed by atoms with Crippen LogP contribution < -0.4 is 5.32 Å². The van der Waals surface area contributed by atoms with Gasteiger partial charge >= 0.3 is 0 Å². The topological polar surface area (TPSA) is 21.3 Å².